The Kier molecular flexibility index (Phi) is 7.27. The van der Waals surface area contributed by atoms with Gasteiger partial charge in [-0.15, -0.1) is 0 Å². The van der Waals surface area contributed by atoms with Gasteiger partial charge in [-0.3, -0.25) is 4.79 Å². The lowest BCUT2D eigenvalue weighted by atomic mass is 10.0. The highest BCUT2D eigenvalue weighted by molar-refractivity contribution is 5.81. The molecule has 0 spiro atoms. The highest BCUT2D eigenvalue weighted by Gasteiger charge is 2.26. The Morgan fingerprint density at radius 3 is 2.22 bits per heavy atom. The molecule has 0 aliphatic carbocycles. The minimum absolute atomic E-state index is 0.0414. The quantitative estimate of drug-likeness (QED) is 0.491. The summed E-state index contributed by atoms with van der Waals surface area (Å²) in [6.07, 6.45) is -0.245. The van der Waals surface area contributed by atoms with Crippen LogP contribution in [0.4, 0.5) is 16.2 Å². The van der Waals surface area contributed by atoms with Crippen LogP contribution in [0.25, 0.3) is 10.9 Å². The molecule has 4 rings (SSSR count). The molecule has 1 aliphatic rings. The summed E-state index contributed by atoms with van der Waals surface area (Å²) in [6, 6.07) is 12.7. The maximum absolute atomic E-state index is 13.1. The van der Waals surface area contributed by atoms with E-state index in [2.05, 4.69) is 60.9 Å². The fraction of sp³-hybridized carbons (Fsp3) is 0.467. The van der Waals surface area contributed by atoms with Crippen molar-refractivity contribution in [2.24, 2.45) is 7.05 Å². The van der Waals surface area contributed by atoms with Crippen molar-refractivity contribution in [3.8, 4) is 0 Å². The van der Waals surface area contributed by atoms with Crippen molar-refractivity contribution in [2.75, 3.05) is 43.0 Å². The molecule has 0 bridgehead atoms. The second-order valence-corrected chi connectivity index (χ2v) is 11.3. The first kappa shape index (κ1) is 26.6. The molecule has 1 saturated heterocycles. The third kappa shape index (κ3) is 5.76. The fourth-order valence-corrected chi connectivity index (χ4v) is 5.00. The lowest BCUT2D eigenvalue weighted by Gasteiger charge is -2.37. The number of ether oxygens (including phenoxy) is 1. The van der Waals surface area contributed by atoms with Crippen LogP contribution in [0.2, 0.25) is 0 Å². The Bertz CT molecular complexity index is 1380. The number of benzene rings is 2. The molecule has 7 nitrogen and oxygen atoms in total. The number of pyridine rings is 1. The molecule has 0 unspecified atom stereocenters. The number of aryl methyl sites for hydroxylation is 4. The van der Waals surface area contributed by atoms with Crippen LogP contribution < -0.4 is 15.4 Å². The number of amides is 1. The predicted octanol–water partition coefficient (Wildman–Crippen LogP) is 5.16. The van der Waals surface area contributed by atoms with Gasteiger partial charge in [0.25, 0.3) is 5.56 Å². The zero-order valence-corrected chi connectivity index (χ0v) is 23.5. The van der Waals surface area contributed by atoms with E-state index in [4.69, 9.17) is 4.74 Å². The second-order valence-electron chi connectivity index (χ2n) is 11.3. The number of fused-ring (bicyclic) bond motifs is 1. The van der Waals surface area contributed by atoms with Gasteiger partial charge >= 0.3 is 6.09 Å². The van der Waals surface area contributed by atoms with E-state index >= 15 is 0 Å². The zero-order valence-electron chi connectivity index (χ0n) is 23.5. The molecule has 0 saturated carbocycles. The molecular formula is C30H40N4O3. The van der Waals surface area contributed by atoms with E-state index in [1.165, 1.54) is 11.1 Å². The second kappa shape index (κ2) is 10.1. The molecule has 0 atom stereocenters. The summed E-state index contributed by atoms with van der Waals surface area (Å²) < 4.78 is 7.28. The highest BCUT2D eigenvalue weighted by atomic mass is 16.6. The SMILES string of the molecule is Cc1cc2cc(CN(C)c3ccc(N4CCN(C(=O)OC(C)(C)C)CC4)cc3C)c(=O)n(C)c2cc1C. The van der Waals surface area contributed by atoms with Gasteiger partial charge in [-0.1, -0.05) is 0 Å². The first-order valence-electron chi connectivity index (χ1n) is 13.0. The lowest BCUT2D eigenvalue weighted by molar-refractivity contribution is 0.0240. The maximum atomic E-state index is 13.1. The van der Waals surface area contributed by atoms with Gasteiger partial charge in [-0.25, -0.2) is 4.79 Å². The molecule has 198 valence electrons. The van der Waals surface area contributed by atoms with Crippen LogP contribution in [0.15, 0.2) is 41.2 Å². The number of aromatic nitrogens is 1. The van der Waals surface area contributed by atoms with Crippen LogP contribution in [-0.2, 0) is 18.3 Å². The smallest absolute Gasteiger partial charge is 0.410 e. The van der Waals surface area contributed by atoms with Crippen molar-refractivity contribution >= 4 is 28.4 Å². The highest BCUT2D eigenvalue weighted by Crippen LogP contribution is 2.27. The normalized spacial score (nSPS) is 14.3. The Balaban J connectivity index is 1.47. The largest absolute Gasteiger partial charge is 0.444 e. The number of carbonyl (C=O) groups excluding carboxylic acids is 1. The van der Waals surface area contributed by atoms with E-state index in [1.54, 1.807) is 9.47 Å². The van der Waals surface area contributed by atoms with E-state index in [-0.39, 0.29) is 11.7 Å². The van der Waals surface area contributed by atoms with Gasteiger partial charge in [0, 0.05) is 63.8 Å². The Morgan fingerprint density at radius 2 is 1.59 bits per heavy atom. The number of rotatable bonds is 4. The summed E-state index contributed by atoms with van der Waals surface area (Å²) in [5, 5.41) is 1.09. The van der Waals surface area contributed by atoms with E-state index in [0.29, 0.717) is 19.6 Å². The van der Waals surface area contributed by atoms with Gasteiger partial charge in [0.15, 0.2) is 0 Å². The number of carbonyl (C=O) groups is 1. The van der Waals surface area contributed by atoms with Gasteiger partial charge < -0.3 is 24.0 Å². The van der Waals surface area contributed by atoms with Crippen molar-refractivity contribution < 1.29 is 9.53 Å². The maximum Gasteiger partial charge on any atom is 0.410 e. The van der Waals surface area contributed by atoms with Gasteiger partial charge in [0.2, 0.25) is 0 Å². The number of hydrogen-bond acceptors (Lipinski definition) is 5. The zero-order chi connectivity index (χ0) is 27.1. The lowest BCUT2D eigenvalue weighted by Crippen LogP contribution is -2.50. The Labute approximate surface area is 220 Å². The first-order chi connectivity index (χ1) is 17.3. The van der Waals surface area contributed by atoms with Crippen LogP contribution in [0.1, 0.15) is 43.0 Å². The molecule has 7 heteroatoms. The van der Waals surface area contributed by atoms with Crippen LogP contribution in [-0.4, -0.2) is 54.4 Å². The fourth-order valence-electron chi connectivity index (χ4n) is 5.00. The third-order valence-electron chi connectivity index (χ3n) is 7.21. The number of nitrogens with zero attached hydrogens (tertiary/aromatic N) is 4. The topological polar surface area (TPSA) is 58.0 Å². The molecule has 1 aliphatic heterocycles. The van der Waals surface area contributed by atoms with Gasteiger partial charge in [-0.05, 0) is 100 Å². The molecule has 1 aromatic heterocycles. The molecule has 1 amide bonds. The summed E-state index contributed by atoms with van der Waals surface area (Å²) in [6.45, 7) is 15.3. The van der Waals surface area contributed by atoms with Crippen LogP contribution in [0, 0.1) is 20.8 Å². The number of hydrogen-bond donors (Lipinski definition) is 0. The summed E-state index contributed by atoms with van der Waals surface area (Å²) in [7, 11) is 3.89. The molecule has 3 aromatic rings. The third-order valence-corrected chi connectivity index (χ3v) is 7.21. The van der Waals surface area contributed by atoms with E-state index in [0.717, 1.165) is 46.5 Å². The van der Waals surface area contributed by atoms with Crippen LogP contribution in [0.3, 0.4) is 0 Å². The average molecular weight is 505 g/mol. The van der Waals surface area contributed by atoms with E-state index in [1.807, 2.05) is 40.9 Å². The summed E-state index contributed by atoms with van der Waals surface area (Å²) in [5.41, 5.74) is 7.11. The molecule has 1 fully saturated rings. The minimum Gasteiger partial charge on any atom is -0.444 e. The number of anilines is 2. The molecule has 0 radical (unpaired) electrons. The van der Waals surface area contributed by atoms with Crippen molar-refractivity contribution in [3.63, 3.8) is 0 Å². The van der Waals surface area contributed by atoms with E-state index in [9.17, 15) is 9.59 Å². The molecule has 2 heterocycles. The van der Waals surface area contributed by atoms with E-state index < -0.39 is 5.60 Å². The van der Waals surface area contributed by atoms with Crippen molar-refractivity contribution in [1.82, 2.24) is 9.47 Å². The standard InChI is InChI=1S/C30H40N4O3/c1-20-15-23-18-24(28(35)32(8)27(23)17-21(20)2)19-31(7)26-10-9-25(16-22(26)3)33-11-13-34(14-12-33)29(36)37-30(4,5)6/h9-10,15-18H,11-14,19H2,1-8H3. The predicted molar refractivity (Wildman–Crippen MR) is 152 cm³/mol. The average Bonchev–Trinajstić information content (AvgIpc) is 2.82. The Hall–Kier alpha value is -3.48. The first-order valence-corrected chi connectivity index (χ1v) is 13.0. The van der Waals surface area contributed by atoms with Crippen molar-refractivity contribution in [2.45, 2.75) is 53.7 Å². The van der Waals surface area contributed by atoms with Crippen LogP contribution in [0.5, 0.6) is 0 Å². The van der Waals surface area contributed by atoms with Gasteiger partial charge in [-0.2, -0.15) is 0 Å². The summed E-state index contributed by atoms with van der Waals surface area (Å²) in [4.78, 5) is 31.8. The minimum atomic E-state index is -0.484. The van der Waals surface area contributed by atoms with Crippen molar-refractivity contribution in [3.05, 3.63) is 69.0 Å². The van der Waals surface area contributed by atoms with Crippen molar-refractivity contribution in [1.29, 1.82) is 0 Å². The molecule has 37 heavy (non-hydrogen) atoms. The molecule has 0 N–H and O–H groups in total. The Morgan fingerprint density at radius 1 is 0.946 bits per heavy atom. The number of piperazine rings is 1. The molecular weight excluding hydrogens is 464 g/mol. The summed E-state index contributed by atoms with van der Waals surface area (Å²) in [5.74, 6) is 0. The molecule has 2 aromatic carbocycles. The van der Waals surface area contributed by atoms with Gasteiger partial charge in [0.05, 0.1) is 5.52 Å². The summed E-state index contributed by atoms with van der Waals surface area (Å²) >= 11 is 0. The monoisotopic (exact) mass is 504 g/mol. The van der Waals surface area contributed by atoms with Gasteiger partial charge in [0.1, 0.15) is 5.60 Å². The van der Waals surface area contributed by atoms with Crippen LogP contribution >= 0.6 is 0 Å².